The molecule has 1 aromatic carbocycles. The molecule has 0 radical (unpaired) electrons. The molecule has 2 nitrogen and oxygen atoms in total. The second-order valence-corrected chi connectivity index (χ2v) is 6.07. The molecule has 0 N–H and O–H groups in total. The van der Waals surface area contributed by atoms with Crippen molar-refractivity contribution in [2.24, 2.45) is 0 Å². The number of rotatable bonds is 1. The quantitative estimate of drug-likeness (QED) is 0.777. The van der Waals surface area contributed by atoms with Crippen molar-refractivity contribution >= 4 is 28.9 Å². The van der Waals surface area contributed by atoms with Crippen molar-refractivity contribution in [3.8, 4) is 0 Å². The summed E-state index contributed by atoms with van der Waals surface area (Å²) in [7, 11) is 0. The molecule has 2 heterocycles. The van der Waals surface area contributed by atoms with Crippen molar-refractivity contribution in [1.82, 2.24) is 4.90 Å². The van der Waals surface area contributed by atoms with Crippen LogP contribution in [0.25, 0.3) is 0 Å². The molecule has 4 heteroatoms. The Morgan fingerprint density at radius 2 is 1.94 bits per heavy atom. The molecule has 1 aromatic rings. The molecule has 0 bridgehead atoms. The van der Waals surface area contributed by atoms with Crippen LogP contribution >= 0.6 is 23.2 Å². The molecule has 0 spiro atoms. The van der Waals surface area contributed by atoms with Crippen LogP contribution in [0.5, 0.6) is 0 Å². The maximum Gasteiger partial charge on any atom is 0.0640 e. The Bertz CT molecular complexity index is 436. The number of hydrogen-bond acceptors (Lipinski definition) is 2. The van der Waals surface area contributed by atoms with Gasteiger partial charge in [0.15, 0.2) is 0 Å². The third kappa shape index (κ3) is 2.47. The maximum absolute atomic E-state index is 6.29. The number of nitrogens with zero attached hydrogens (tertiary/aromatic N) is 2. The lowest BCUT2D eigenvalue weighted by molar-refractivity contribution is 0.133. The fourth-order valence-corrected chi connectivity index (χ4v) is 3.51. The fourth-order valence-electron chi connectivity index (χ4n) is 3.10. The SMILES string of the molecule is Clc1ccc(Cl)c(N2CCN3CCCCC3C2)c1. The van der Waals surface area contributed by atoms with Crippen LogP contribution < -0.4 is 4.90 Å². The average molecular weight is 285 g/mol. The highest BCUT2D eigenvalue weighted by molar-refractivity contribution is 6.35. The van der Waals surface area contributed by atoms with Gasteiger partial charge in [-0.2, -0.15) is 0 Å². The number of hydrogen-bond donors (Lipinski definition) is 0. The lowest BCUT2D eigenvalue weighted by Gasteiger charge is -2.45. The summed E-state index contributed by atoms with van der Waals surface area (Å²) in [6, 6.07) is 6.43. The summed E-state index contributed by atoms with van der Waals surface area (Å²) in [6.45, 7) is 4.55. The van der Waals surface area contributed by atoms with Gasteiger partial charge in [0.25, 0.3) is 0 Å². The maximum atomic E-state index is 6.29. The molecule has 1 unspecified atom stereocenters. The molecule has 0 aliphatic carbocycles. The summed E-state index contributed by atoms with van der Waals surface area (Å²) in [5, 5.41) is 1.57. The van der Waals surface area contributed by atoms with Crippen molar-refractivity contribution in [3.63, 3.8) is 0 Å². The molecule has 2 aliphatic rings. The van der Waals surface area contributed by atoms with Crippen LogP contribution in [0.15, 0.2) is 18.2 Å². The van der Waals surface area contributed by atoms with E-state index in [1.54, 1.807) is 0 Å². The second kappa shape index (κ2) is 5.28. The van der Waals surface area contributed by atoms with Crippen LogP contribution in [-0.2, 0) is 0 Å². The van der Waals surface area contributed by atoms with Gasteiger partial charge in [-0.05, 0) is 37.6 Å². The summed E-state index contributed by atoms with van der Waals surface area (Å²) in [5.41, 5.74) is 1.09. The van der Waals surface area contributed by atoms with E-state index >= 15 is 0 Å². The van der Waals surface area contributed by atoms with E-state index in [4.69, 9.17) is 23.2 Å². The molecule has 2 fully saturated rings. The van der Waals surface area contributed by atoms with Crippen LogP contribution in [0.1, 0.15) is 19.3 Å². The first-order valence-corrected chi connectivity index (χ1v) is 7.44. The standard InChI is InChI=1S/C14H18Cl2N2/c15-11-4-5-13(16)14(9-11)18-8-7-17-6-2-1-3-12(17)10-18/h4-5,9,12H,1-3,6-8,10H2. The Morgan fingerprint density at radius 1 is 1.06 bits per heavy atom. The van der Waals surface area contributed by atoms with E-state index in [1.807, 2.05) is 18.2 Å². The van der Waals surface area contributed by atoms with E-state index in [0.29, 0.717) is 6.04 Å². The molecular weight excluding hydrogens is 267 g/mol. The highest BCUT2D eigenvalue weighted by Gasteiger charge is 2.29. The minimum atomic E-state index is 0.697. The Kier molecular flexibility index (Phi) is 3.69. The van der Waals surface area contributed by atoms with Crippen LogP contribution in [0.2, 0.25) is 10.0 Å². The highest BCUT2D eigenvalue weighted by atomic mass is 35.5. The van der Waals surface area contributed by atoms with Gasteiger partial charge in [0.05, 0.1) is 10.7 Å². The number of piperidine rings is 1. The minimum Gasteiger partial charge on any atom is -0.367 e. The van der Waals surface area contributed by atoms with E-state index in [2.05, 4.69) is 9.80 Å². The van der Waals surface area contributed by atoms with Crippen molar-refractivity contribution in [3.05, 3.63) is 28.2 Å². The summed E-state index contributed by atoms with van der Waals surface area (Å²) < 4.78 is 0. The van der Waals surface area contributed by atoms with Gasteiger partial charge in [0.2, 0.25) is 0 Å². The summed E-state index contributed by atoms with van der Waals surface area (Å²) >= 11 is 12.4. The number of halogens is 2. The van der Waals surface area contributed by atoms with Gasteiger partial charge in [-0.1, -0.05) is 29.6 Å². The average Bonchev–Trinajstić information content (AvgIpc) is 2.41. The molecular formula is C14H18Cl2N2. The lowest BCUT2D eigenvalue weighted by atomic mass is 9.99. The van der Waals surface area contributed by atoms with Crippen LogP contribution in [0.4, 0.5) is 5.69 Å². The first-order chi connectivity index (χ1) is 8.74. The van der Waals surface area contributed by atoms with E-state index in [9.17, 15) is 0 Å². The first kappa shape index (κ1) is 12.6. The fraction of sp³-hybridized carbons (Fsp3) is 0.571. The third-order valence-corrected chi connectivity index (χ3v) is 4.64. The molecule has 98 valence electrons. The first-order valence-electron chi connectivity index (χ1n) is 6.68. The topological polar surface area (TPSA) is 6.48 Å². The van der Waals surface area contributed by atoms with Crippen molar-refractivity contribution in [2.75, 3.05) is 31.1 Å². The van der Waals surface area contributed by atoms with Crippen LogP contribution in [0.3, 0.4) is 0 Å². The molecule has 0 saturated carbocycles. The van der Waals surface area contributed by atoms with E-state index in [1.165, 1.54) is 25.8 Å². The smallest absolute Gasteiger partial charge is 0.0640 e. The van der Waals surface area contributed by atoms with Gasteiger partial charge < -0.3 is 4.90 Å². The third-order valence-electron chi connectivity index (χ3n) is 4.09. The molecule has 18 heavy (non-hydrogen) atoms. The highest BCUT2D eigenvalue weighted by Crippen LogP contribution is 2.32. The van der Waals surface area contributed by atoms with E-state index < -0.39 is 0 Å². The van der Waals surface area contributed by atoms with E-state index in [0.717, 1.165) is 35.4 Å². The zero-order chi connectivity index (χ0) is 12.5. The predicted octanol–water partition coefficient (Wildman–Crippen LogP) is 3.67. The van der Waals surface area contributed by atoms with Crippen molar-refractivity contribution < 1.29 is 0 Å². The van der Waals surface area contributed by atoms with E-state index in [-0.39, 0.29) is 0 Å². The van der Waals surface area contributed by atoms with Gasteiger partial charge in [0, 0.05) is 30.7 Å². The molecule has 3 rings (SSSR count). The van der Waals surface area contributed by atoms with Gasteiger partial charge >= 0.3 is 0 Å². The van der Waals surface area contributed by atoms with Crippen molar-refractivity contribution in [2.45, 2.75) is 25.3 Å². The Labute approximate surface area is 118 Å². The number of fused-ring (bicyclic) bond motifs is 1. The normalized spacial score (nSPS) is 25.0. The van der Waals surface area contributed by atoms with Crippen molar-refractivity contribution in [1.29, 1.82) is 0 Å². The van der Waals surface area contributed by atoms with Crippen LogP contribution in [0, 0.1) is 0 Å². The summed E-state index contributed by atoms with van der Waals surface area (Å²) in [5.74, 6) is 0. The summed E-state index contributed by atoms with van der Waals surface area (Å²) in [4.78, 5) is 5.01. The Balaban J connectivity index is 1.79. The molecule has 0 amide bonds. The molecule has 2 aliphatic heterocycles. The lowest BCUT2D eigenvalue weighted by Crippen LogP contribution is -2.54. The van der Waals surface area contributed by atoms with Gasteiger partial charge in [-0.3, -0.25) is 4.90 Å². The zero-order valence-electron chi connectivity index (χ0n) is 10.4. The minimum absolute atomic E-state index is 0.697. The van der Waals surface area contributed by atoms with Gasteiger partial charge in [-0.25, -0.2) is 0 Å². The second-order valence-electron chi connectivity index (χ2n) is 5.23. The number of benzene rings is 1. The molecule has 1 atom stereocenters. The zero-order valence-corrected chi connectivity index (χ0v) is 11.9. The van der Waals surface area contributed by atoms with Crippen LogP contribution in [-0.4, -0.2) is 37.1 Å². The largest absolute Gasteiger partial charge is 0.367 e. The van der Waals surface area contributed by atoms with Gasteiger partial charge in [-0.15, -0.1) is 0 Å². The molecule has 2 saturated heterocycles. The molecule has 0 aromatic heterocycles. The summed E-state index contributed by atoms with van der Waals surface area (Å²) in [6.07, 6.45) is 4.03. The number of piperazine rings is 1. The van der Waals surface area contributed by atoms with Gasteiger partial charge in [0.1, 0.15) is 0 Å². The monoisotopic (exact) mass is 284 g/mol. The Hall–Kier alpha value is -0.440. The number of anilines is 1. The predicted molar refractivity (Wildman–Crippen MR) is 77.9 cm³/mol. The Morgan fingerprint density at radius 3 is 2.83 bits per heavy atom.